The molecule has 0 aliphatic heterocycles. The quantitative estimate of drug-likeness (QED) is 0.362. The highest BCUT2D eigenvalue weighted by atomic mass is 32.2. The second kappa shape index (κ2) is 11.1. The topological polar surface area (TPSA) is 98.1 Å². The SMILES string of the molecule is C=CCn1c(CNC(=O)c2ccc(C)cc2)nnc1SCC(=O)Nc1ccccc1OC. The number of benzene rings is 2. The fourth-order valence-electron chi connectivity index (χ4n) is 2.90. The summed E-state index contributed by atoms with van der Waals surface area (Å²) in [5, 5.41) is 14.6. The van der Waals surface area contributed by atoms with Crippen molar-refractivity contribution < 1.29 is 14.3 Å². The molecular formula is C23H25N5O3S. The Hall–Kier alpha value is -3.59. The Morgan fingerprint density at radius 3 is 2.62 bits per heavy atom. The lowest BCUT2D eigenvalue weighted by Crippen LogP contribution is -2.24. The molecule has 0 unspecified atom stereocenters. The first-order chi connectivity index (χ1) is 15.5. The van der Waals surface area contributed by atoms with E-state index in [0.29, 0.717) is 34.5 Å². The van der Waals surface area contributed by atoms with E-state index in [4.69, 9.17) is 4.74 Å². The van der Waals surface area contributed by atoms with Crippen LogP contribution >= 0.6 is 11.8 Å². The summed E-state index contributed by atoms with van der Waals surface area (Å²) in [5.74, 6) is 0.930. The van der Waals surface area contributed by atoms with Gasteiger partial charge in [0.2, 0.25) is 5.91 Å². The zero-order chi connectivity index (χ0) is 22.9. The standard InChI is InChI=1S/C23H25N5O3S/c1-4-13-28-20(14-24-22(30)17-11-9-16(2)10-12-17)26-27-23(28)32-15-21(29)25-18-7-5-6-8-19(18)31-3/h4-12H,1,13-15H2,2-3H3,(H,24,30)(H,25,29). The van der Waals surface area contributed by atoms with Crippen LogP contribution in [0.4, 0.5) is 5.69 Å². The van der Waals surface area contributed by atoms with E-state index in [-0.39, 0.29) is 24.1 Å². The van der Waals surface area contributed by atoms with Crippen LogP contribution in [0.25, 0.3) is 0 Å². The maximum absolute atomic E-state index is 12.4. The van der Waals surface area contributed by atoms with Crippen molar-refractivity contribution in [1.82, 2.24) is 20.1 Å². The lowest BCUT2D eigenvalue weighted by atomic mass is 10.1. The second-order valence-electron chi connectivity index (χ2n) is 6.88. The van der Waals surface area contributed by atoms with Crippen molar-refractivity contribution >= 4 is 29.3 Å². The van der Waals surface area contributed by atoms with Crippen molar-refractivity contribution in [3.8, 4) is 5.75 Å². The van der Waals surface area contributed by atoms with Gasteiger partial charge in [0.15, 0.2) is 11.0 Å². The molecule has 0 aliphatic carbocycles. The highest BCUT2D eigenvalue weighted by Crippen LogP contribution is 2.24. The minimum atomic E-state index is -0.193. The fourth-order valence-corrected chi connectivity index (χ4v) is 3.67. The van der Waals surface area contributed by atoms with E-state index in [1.165, 1.54) is 11.8 Å². The fraction of sp³-hybridized carbons (Fsp3) is 0.217. The number of para-hydroxylation sites is 2. The largest absolute Gasteiger partial charge is 0.495 e. The van der Waals surface area contributed by atoms with E-state index < -0.39 is 0 Å². The Balaban J connectivity index is 1.61. The molecule has 1 aromatic heterocycles. The molecule has 3 aromatic rings. The van der Waals surface area contributed by atoms with Gasteiger partial charge in [-0.3, -0.25) is 9.59 Å². The zero-order valence-electron chi connectivity index (χ0n) is 18.0. The molecule has 0 bridgehead atoms. The molecule has 0 aliphatic rings. The third kappa shape index (κ3) is 5.98. The molecule has 9 heteroatoms. The number of methoxy groups -OCH3 is 1. The number of allylic oxidation sites excluding steroid dienone is 1. The number of ether oxygens (including phenoxy) is 1. The van der Waals surface area contributed by atoms with Crippen LogP contribution in [-0.4, -0.2) is 39.4 Å². The number of aryl methyl sites for hydroxylation is 1. The van der Waals surface area contributed by atoms with Gasteiger partial charge in [0.1, 0.15) is 5.75 Å². The molecule has 0 atom stereocenters. The number of aromatic nitrogens is 3. The maximum Gasteiger partial charge on any atom is 0.251 e. The summed E-state index contributed by atoms with van der Waals surface area (Å²) >= 11 is 1.26. The van der Waals surface area contributed by atoms with Crippen LogP contribution < -0.4 is 15.4 Å². The first-order valence-corrected chi connectivity index (χ1v) is 10.9. The molecule has 0 saturated heterocycles. The van der Waals surface area contributed by atoms with Crippen molar-refractivity contribution in [2.75, 3.05) is 18.2 Å². The van der Waals surface area contributed by atoms with Gasteiger partial charge in [0.25, 0.3) is 5.91 Å². The van der Waals surface area contributed by atoms with Gasteiger partial charge in [-0.25, -0.2) is 0 Å². The molecule has 0 radical (unpaired) electrons. The molecule has 2 aromatic carbocycles. The maximum atomic E-state index is 12.4. The van der Waals surface area contributed by atoms with Crippen LogP contribution in [0.15, 0.2) is 66.3 Å². The van der Waals surface area contributed by atoms with Crippen molar-refractivity contribution in [1.29, 1.82) is 0 Å². The Bertz CT molecular complexity index is 1100. The van der Waals surface area contributed by atoms with Crippen LogP contribution in [0, 0.1) is 6.92 Å². The first kappa shape index (κ1) is 23.1. The average molecular weight is 452 g/mol. The van der Waals surface area contributed by atoms with Crippen LogP contribution in [0.5, 0.6) is 5.75 Å². The molecule has 2 N–H and O–H groups in total. The van der Waals surface area contributed by atoms with E-state index in [2.05, 4.69) is 27.4 Å². The monoisotopic (exact) mass is 451 g/mol. The average Bonchev–Trinajstić information content (AvgIpc) is 3.18. The predicted molar refractivity (Wildman–Crippen MR) is 125 cm³/mol. The number of nitrogens with one attached hydrogen (secondary N) is 2. The Labute approximate surface area is 191 Å². The number of amides is 2. The number of thioether (sulfide) groups is 1. The summed E-state index contributed by atoms with van der Waals surface area (Å²) < 4.78 is 7.08. The van der Waals surface area contributed by atoms with Crippen molar-refractivity contribution in [2.24, 2.45) is 0 Å². The Kier molecular flexibility index (Phi) is 8.04. The summed E-state index contributed by atoms with van der Waals surface area (Å²) in [5.41, 5.74) is 2.27. The van der Waals surface area contributed by atoms with Gasteiger partial charge >= 0.3 is 0 Å². The molecule has 2 amide bonds. The number of hydrogen-bond acceptors (Lipinski definition) is 6. The Morgan fingerprint density at radius 2 is 1.91 bits per heavy atom. The van der Waals surface area contributed by atoms with Gasteiger partial charge in [-0.15, -0.1) is 16.8 Å². The van der Waals surface area contributed by atoms with Crippen LogP contribution in [0.3, 0.4) is 0 Å². The molecule has 166 valence electrons. The van der Waals surface area contributed by atoms with Crippen LogP contribution in [0.2, 0.25) is 0 Å². The van der Waals surface area contributed by atoms with Crippen LogP contribution in [-0.2, 0) is 17.9 Å². The molecule has 0 spiro atoms. The number of carbonyl (C=O) groups is 2. The normalized spacial score (nSPS) is 10.4. The van der Waals surface area contributed by atoms with Gasteiger partial charge in [0.05, 0.1) is 25.1 Å². The first-order valence-electron chi connectivity index (χ1n) is 9.95. The van der Waals surface area contributed by atoms with E-state index >= 15 is 0 Å². The van der Waals surface area contributed by atoms with E-state index in [1.807, 2.05) is 35.8 Å². The van der Waals surface area contributed by atoms with Crippen LogP contribution in [0.1, 0.15) is 21.7 Å². The van der Waals surface area contributed by atoms with Crippen molar-refractivity contribution in [3.63, 3.8) is 0 Å². The van der Waals surface area contributed by atoms with Gasteiger partial charge in [-0.1, -0.05) is 47.7 Å². The molecule has 0 fully saturated rings. The zero-order valence-corrected chi connectivity index (χ0v) is 18.8. The third-order valence-electron chi connectivity index (χ3n) is 4.54. The number of hydrogen-bond donors (Lipinski definition) is 2. The number of anilines is 1. The van der Waals surface area contributed by atoms with E-state index in [9.17, 15) is 9.59 Å². The molecule has 3 rings (SSSR count). The minimum Gasteiger partial charge on any atom is -0.495 e. The predicted octanol–water partition coefficient (Wildman–Crippen LogP) is 3.44. The Morgan fingerprint density at radius 1 is 1.16 bits per heavy atom. The smallest absolute Gasteiger partial charge is 0.251 e. The summed E-state index contributed by atoms with van der Waals surface area (Å²) in [7, 11) is 1.55. The highest BCUT2D eigenvalue weighted by molar-refractivity contribution is 7.99. The van der Waals surface area contributed by atoms with Gasteiger partial charge < -0.3 is 19.9 Å². The van der Waals surface area contributed by atoms with E-state index in [1.54, 1.807) is 37.5 Å². The van der Waals surface area contributed by atoms with Gasteiger partial charge in [-0.05, 0) is 31.2 Å². The highest BCUT2D eigenvalue weighted by Gasteiger charge is 2.15. The minimum absolute atomic E-state index is 0.142. The summed E-state index contributed by atoms with van der Waals surface area (Å²) in [6, 6.07) is 14.5. The van der Waals surface area contributed by atoms with Gasteiger partial charge in [-0.2, -0.15) is 0 Å². The van der Waals surface area contributed by atoms with Gasteiger partial charge in [0, 0.05) is 12.1 Å². The molecule has 0 saturated carbocycles. The molecule has 32 heavy (non-hydrogen) atoms. The lowest BCUT2D eigenvalue weighted by molar-refractivity contribution is -0.113. The number of nitrogens with zero attached hydrogens (tertiary/aromatic N) is 3. The summed E-state index contributed by atoms with van der Waals surface area (Å²) in [6.45, 7) is 6.41. The van der Waals surface area contributed by atoms with Crippen molar-refractivity contribution in [2.45, 2.75) is 25.2 Å². The number of rotatable bonds is 10. The molecule has 8 nitrogen and oxygen atoms in total. The van der Waals surface area contributed by atoms with E-state index in [0.717, 1.165) is 5.56 Å². The van der Waals surface area contributed by atoms with Crippen molar-refractivity contribution in [3.05, 3.63) is 78.1 Å². The number of carbonyl (C=O) groups excluding carboxylic acids is 2. The lowest BCUT2D eigenvalue weighted by Gasteiger charge is -2.10. The molecule has 1 heterocycles. The summed E-state index contributed by atoms with van der Waals surface area (Å²) in [4.78, 5) is 24.8. The molecular weight excluding hydrogens is 426 g/mol. The summed E-state index contributed by atoms with van der Waals surface area (Å²) in [6.07, 6.45) is 1.72. The second-order valence-corrected chi connectivity index (χ2v) is 7.83. The third-order valence-corrected chi connectivity index (χ3v) is 5.51.